The molecule has 1 amide bonds. The minimum atomic E-state index is -0.223. The van der Waals surface area contributed by atoms with Gasteiger partial charge in [0.15, 0.2) is 0 Å². The minimum Gasteiger partial charge on any atom is -0.373 e. The van der Waals surface area contributed by atoms with E-state index in [0.717, 1.165) is 35.1 Å². The van der Waals surface area contributed by atoms with Gasteiger partial charge in [-0.3, -0.25) is 9.48 Å². The molecule has 0 unspecified atom stereocenters. The Morgan fingerprint density at radius 1 is 1.32 bits per heavy atom. The van der Waals surface area contributed by atoms with Crippen molar-refractivity contribution >= 4 is 34.1 Å². The molecule has 1 aliphatic rings. The molecule has 1 atom stereocenters. The maximum Gasteiger partial charge on any atom is 0.242 e. The molecule has 2 N–H and O–H groups in total. The lowest BCUT2D eigenvalue weighted by Crippen LogP contribution is -2.39. The van der Waals surface area contributed by atoms with Crippen LogP contribution in [0.15, 0.2) is 48.7 Å². The largest absolute Gasteiger partial charge is 0.373 e. The Labute approximate surface area is 151 Å². The molecule has 1 aliphatic heterocycles. The number of nitrogens with zero attached hydrogens (tertiary/aromatic N) is 2. The number of amides is 1. The first kappa shape index (κ1) is 16.0. The van der Waals surface area contributed by atoms with Gasteiger partial charge in [-0.1, -0.05) is 29.8 Å². The number of carbonyl (C=O) groups excluding carboxylic acids is 1. The number of hydrogen-bond acceptors (Lipinski definition) is 3. The van der Waals surface area contributed by atoms with Crippen LogP contribution in [0.3, 0.4) is 0 Å². The molecule has 0 fully saturated rings. The first-order valence-electron chi connectivity index (χ1n) is 8.44. The van der Waals surface area contributed by atoms with Crippen LogP contribution in [-0.2, 0) is 17.8 Å². The summed E-state index contributed by atoms with van der Waals surface area (Å²) < 4.78 is 1.98. The van der Waals surface area contributed by atoms with E-state index in [1.54, 1.807) is 0 Å². The van der Waals surface area contributed by atoms with Crippen LogP contribution >= 0.6 is 11.6 Å². The third-order valence-electron chi connectivity index (χ3n) is 4.53. The van der Waals surface area contributed by atoms with Gasteiger partial charge in [0.05, 0.1) is 11.7 Å². The van der Waals surface area contributed by atoms with Gasteiger partial charge in [-0.2, -0.15) is 5.10 Å². The molecule has 0 bridgehead atoms. The summed E-state index contributed by atoms with van der Waals surface area (Å²) in [4.78, 5) is 12.3. The first-order chi connectivity index (χ1) is 12.2. The van der Waals surface area contributed by atoms with Crippen LogP contribution in [0.25, 0.3) is 10.9 Å². The Bertz CT molecular complexity index is 921. The third kappa shape index (κ3) is 3.33. The van der Waals surface area contributed by atoms with Crippen molar-refractivity contribution in [3.63, 3.8) is 0 Å². The fourth-order valence-electron chi connectivity index (χ4n) is 3.26. The van der Waals surface area contributed by atoms with Gasteiger partial charge < -0.3 is 10.6 Å². The first-order valence-corrected chi connectivity index (χ1v) is 8.82. The summed E-state index contributed by atoms with van der Waals surface area (Å²) in [5, 5.41) is 12.5. The van der Waals surface area contributed by atoms with E-state index in [2.05, 4.69) is 27.9 Å². The molecule has 0 saturated carbocycles. The highest BCUT2D eigenvalue weighted by molar-refractivity contribution is 6.30. The van der Waals surface area contributed by atoms with E-state index < -0.39 is 0 Å². The second-order valence-electron chi connectivity index (χ2n) is 6.27. The van der Waals surface area contributed by atoms with Gasteiger partial charge in [0.1, 0.15) is 6.04 Å². The Morgan fingerprint density at radius 3 is 3.12 bits per heavy atom. The van der Waals surface area contributed by atoms with E-state index in [9.17, 15) is 4.79 Å². The van der Waals surface area contributed by atoms with Crippen LogP contribution in [-0.4, -0.2) is 28.3 Å². The third-order valence-corrected chi connectivity index (χ3v) is 4.77. The molecule has 1 aromatic heterocycles. The van der Waals surface area contributed by atoms with Crippen molar-refractivity contribution in [1.29, 1.82) is 0 Å². The van der Waals surface area contributed by atoms with Crippen molar-refractivity contribution in [2.24, 2.45) is 0 Å². The topological polar surface area (TPSA) is 59.0 Å². The van der Waals surface area contributed by atoms with Gasteiger partial charge >= 0.3 is 0 Å². The van der Waals surface area contributed by atoms with Crippen LogP contribution < -0.4 is 10.6 Å². The molecule has 6 heteroatoms. The SMILES string of the molecule is O=C(NCCCn1ncc2ccccc21)[C@H]1Cc2cc(Cl)ccc2N1. The molecule has 128 valence electrons. The number of para-hydroxylation sites is 1. The molecule has 25 heavy (non-hydrogen) atoms. The van der Waals surface area contributed by atoms with Crippen molar-refractivity contribution < 1.29 is 4.79 Å². The van der Waals surface area contributed by atoms with E-state index in [0.29, 0.717) is 18.0 Å². The highest BCUT2D eigenvalue weighted by Gasteiger charge is 2.26. The predicted octanol–water partition coefficient (Wildman–Crippen LogP) is 3.23. The van der Waals surface area contributed by atoms with Gasteiger partial charge in [0, 0.05) is 35.6 Å². The number of carbonyl (C=O) groups is 1. The molecule has 4 rings (SSSR count). The molecular formula is C19H19ClN4O. The van der Waals surface area contributed by atoms with E-state index in [4.69, 9.17) is 11.6 Å². The summed E-state index contributed by atoms with van der Waals surface area (Å²) in [7, 11) is 0. The van der Waals surface area contributed by atoms with Crippen molar-refractivity contribution in [3.05, 3.63) is 59.2 Å². The molecule has 0 saturated heterocycles. The zero-order valence-corrected chi connectivity index (χ0v) is 14.5. The van der Waals surface area contributed by atoms with Gasteiger partial charge in [-0.15, -0.1) is 0 Å². The van der Waals surface area contributed by atoms with Crippen LogP contribution in [0, 0.1) is 0 Å². The zero-order valence-electron chi connectivity index (χ0n) is 13.7. The Morgan fingerprint density at radius 2 is 2.20 bits per heavy atom. The zero-order chi connectivity index (χ0) is 17.2. The molecule has 0 aliphatic carbocycles. The molecule has 0 radical (unpaired) electrons. The summed E-state index contributed by atoms with van der Waals surface area (Å²) in [5.74, 6) is 0.0256. The smallest absolute Gasteiger partial charge is 0.242 e. The number of benzene rings is 2. The summed E-state index contributed by atoms with van der Waals surface area (Å²) in [6.45, 7) is 1.41. The number of fused-ring (bicyclic) bond motifs is 2. The van der Waals surface area contributed by atoms with Gasteiger partial charge in [0.2, 0.25) is 5.91 Å². The predicted molar refractivity (Wildman–Crippen MR) is 99.9 cm³/mol. The van der Waals surface area contributed by atoms with Crippen LogP contribution in [0.4, 0.5) is 5.69 Å². The number of halogens is 1. The van der Waals surface area contributed by atoms with E-state index in [1.807, 2.05) is 41.2 Å². The number of nitrogens with one attached hydrogen (secondary N) is 2. The standard InChI is InChI=1S/C19H19ClN4O/c20-15-6-7-16-14(10-15)11-17(23-16)19(25)21-8-3-9-24-18-5-2-1-4-13(18)12-22-24/h1-2,4-7,10,12,17,23H,3,8-9,11H2,(H,21,25)/t17-/m1/s1. The molecule has 2 aromatic carbocycles. The van der Waals surface area contributed by atoms with Gasteiger partial charge in [0.25, 0.3) is 0 Å². The van der Waals surface area contributed by atoms with Crippen molar-refractivity contribution in [1.82, 2.24) is 15.1 Å². The summed E-state index contributed by atoms with van der Waals surface area (Å²) in [6, 6.07) is 13.6. The highest BCUT2D eigenvalue weighted by Crippen LogP contribution is 2.28. The lowest BCUT2D eigenvalue weighted by Gasteiger charge is -2.12. The average Bonchev–Trinajstić information content (AvgIpc) is 3.22. The van der Waals surface area contributed by atoms with E-state index in [1.165, 1.54) is 0 Å². The normalized spacial score (nSPS) is 15.8. The summed E-state index contributed by atoms with van der Waals surface area (Å²) in [6.07, 6.45) is 3.38. The molecule has 0 spiro atoms. The van der Waals surface area contributed by atoms with Crippen molar-refractivity contribution in [2.75, 3.05) is 11.9 Å². The molecular weight excluding hydrogens is 336 g/mol. The number of aryl methyl sites for hydroxylation is 1. The van der Waals surface area contributed by atoms with E-state index in [-0.39, 0.29) is 11.9 Å². The Hall–Kier alpha value is -2.53. The molecule has 2 heterocycles. The lowest BCUT2D eigenvalue weighted by atomic mass is 10.1. The maximum absolute atomic E-state index is 12.3. The second-order valence-corrected chi connectivity index (χ2v) is 6.71. The van der Waals surface area contributed by atoms with Crippen LogP contribution in [0.1, 0.15) is 12.0 Å². The van der Waals surface area contributed by atoms with Crippen LogP contribution in [0.2, 0.25) is 5.02 Å². The fourth-order valence-corrected chi connectivity index (χ4v) is 3.45. The lowest BCUT2D eigenvalue weighted by molar-refractivity contribution is -0.121. The van der Waals surface area contributed by atoms with Crippen LogP contribution in [0.5, 0.6) is 0 Å². The monoisotopic (exact) mass is 354 g/mol. The van der Waals surface area contributed by atoms with Crippen molar-refractivity contribution in [2.45, 2.75) is 25.4 Å². The number of hydrogen-bond donors (Lipinski definition) is 2. The molecule has 5 nitrogen and oxygen atoms in total. The van der Waals surface area contributed by atoms with Gasteiger partial charge in [-0.05, 0) is 36.2 Å². The maximum atomic E-state index is 12.3. The quantitative estimate of drug-likeness (QED) is 0.691. The Balaban J connectivity index is 1.27. The number of rotatable bonds is 5. The molecule has 3 aromatic rings. The number of anilines is 1. The Kier molecular flexibility index (Phi) is 4.32. The van der Waals surface area contributed by atoms with Gasteiger partial charge in [-0.25, -0.2) is 0 Å². The fraction of sp³-hybridized carbons (Fsp3) is 0.263. The second kappa shape index (κ2) is 6.76. The van der Waals surface area contributed by atoms with E-state index >= 15 is 0 Å². The summed E-state index contributed by atoms with van der Waals surface area (Å²) in [5.41, 5.74) is 3.21. The van der Waals surface area contributed by atoms with Crippen molar-refractivity contribution in [3.8, 4) is 0 Å². The summed E-state index contributed by atoms with van der Waals surface area (Å²) >= 11 is 6.01. The average molecular weight is 355 g/mol. The number of aromatic nitrogens is 2. The minimum absolute atomic E-state index is 0.0256. The highest BCUT2D eigenvalue weighted by atomic mass is 35.5.